The summed E-state index contributed by atoms with van der Waals surface area (Å²) in [4.78, 5) is 34.3. The molecule has 3 heterocycles. The normalized spacial score (nSPS) is 14.7. The molecule has 0 aliphatic carbocycles. The van der Waals surface area contributed by atoms with Crippen LogP contribution in [0.5, 0.6) is 5.75 Å². The number of aromatic nitrogens is 2. The molecule has 0 radical (unpaired) electrons. The maximum absolute atomic E-state index is 13.5. The lowest BCUT2D eigenvalue weighted by Gasteiger charge is -2.14. The van der Waals surface area contributed by atoms with Crippen LogP contribution in [0.1, 0.15) is 11.1 Å². The fraction of sp³-hybridized carbons (Fsp3) is 0.0769. The Kier molecular flexibility index (Phi) is 7.15. The Bertz CT molecular complexity index is 1570. The van der Waals surface area contributed by atoms with E-state index in [1.165, 1.54) is 32.8 Å². The van der Waals surface area contributed by atoms with E-state index in [-0.39, 0.29) is 11.5 Å². The van der Waals surface area contributed by atoms with Gasteiger partial charge in [-0.2, -0.15) is 0 Å². The average Bonchev–Trinajstić information content (AvgIpc) is 3.15. The zero-order valence-corrected chi connectivity index (χ0v) is 22.1. The summed E-state index contributed by atoms with van der Waals surface area (Å²) in [6.45, 7) is 0.327. The second-order valence-corrected chi connectivity index (χ2v) is 10.9. The number of methoxy groups -OCH3 is 1. The number of ether oxygens (including phenoxy) is 1. The van der Waals surface area contributed by atoms with Gasteiger partial charge in [-0.05, 0) is 60.2 Å². The summed E-state index contributed by atoms with van der Waals surface area (Å²) in [5, 5.41) is 1.11. The van der Waals surface area contributed by atoms with Crippen LogP contribution in [0.15, 0.2) is 92.5 Å². The third-order valence-corrected chi connectivity index (χ3v) is 8.05. The number of carbonyl (C=O) groups excluding carboxylic acids is 1. The van der Waals surface area contributed by atoms with Gasteiger partial charge < -0.3 is 4.74 Å². The number of benzene rings is 2. The second kappa shape index (κ2) is 10.5. The molecule has 1 aliphatic heterocycles. The molecular weight excluding hydrogens is 534 g/mol. The molecule has 0 atom stereocenters. The first-order chi connectivity index (χ1) is 17.4. The minimum atomic E-state index is -0.266. The molecule has 36 heavy (non-hydrogen) atoms. The number of thioether (sulfide) groups is 1. The molecular formula is C26H18ClN3O3S3. The molecule has 6 nitrogen and oxygen atoms in total. The van der Waals surface area contributed by atoms with Crippen molar-refractivity contribution in [2.24, 2.45) is 0 Å². The predicted molar refractivity (Wildman–Crippen MR) is 149 cm³/mol. The number of hydrogen-bond acceptors (Lipinski definition) is 7. The maximum Gasteiger partial charge on any atom is 0.266 e. The molecule has 0 N–H and O–H groups in total. The molecule has 2 aromatic carbocycles. The van der Waals surface area contributed by atoms with Gasteiger partial charge in [-0.15, -0.1) is 0 Å². The highest BCUT2D eigenvalue weighted by Gasteiger charge is 2.32. The number of fused-ring (bicyclic) bond motifs is 1. The Balaban J connectivity index is 1.52. The SMILES string of the molecule is COc1ccc(CN2C(=O)/C(=C\c3c(Sc4ccc(Cl)cc4)nc4ccccn4c3=O)SC2=S)cc1. The van der Waals surface area contributed by atoms with E-state index in [2.05, 4.69) is 0 Å². The third kappa shape index (κ3) is 5.05. The molecule has 1 amide bonds. The minimum Gasteiger partial charge on any atom is -0.497 e. The van der Waals surface area contributed by atoms with Gasteiger partial charge >= 0.3 is 0 Å². The van der Waals surface area contributed by atoms with E-state index in [9.17, 15) is 9.59 Å². The molecule has 10 heteroatoms. The Hall–Kier alpha value is -3.11. The Morgan fingerprint density at radius 2 is 1.83 bits per heavy atom. The standard InChI is InChI=1S/C26H18ClN3O3S3/c1-33-18-9-5-16(6-10-18)15-30-25(32)21(36-26(30)34)14-20-23(35-19-11-7-17(27)8-12-19)28-22-4-2-3-13-29(22)24(20)31/h2-14H,15H2,1H3/b21-14+. The number of amides is 1. The molecule has 180 valence electrons. The van der Waals surface area contributed by atoms with E-state index in [4.69, 9.17) is 33.5 Å². The third-order valence-electron chi connectivity index (χ3n) is 5.41. The van der Waals surface area contributed by atoms with Gasteiger partial charge in [0.25, 0.3) is 11.5 Å². The lowest BCUT2D eigenvalue weighted by atomic mass is 10.2. The summed E-state index contributed by atoms with van der Waals surface area (Å²) in [7, 11) is 1.60. The van der Waals surface area contributed by atoms with E-state index in [0.29, 0.717) is 37.0 Å². The molecule has 0 bridgehead atoms. The fourth-order valence-electron chi connectivity index (χ4n) is 3.58. The molecule has 1 fully saturated rings. The monoisotopic (exact) mass is 551 g/mol. The van der Waals surface area contributed by atoms with Crippen molar-refractivity contribution in [1.82, 2.24) is 14.3 Å². The van der Waals surface area contributed by atoms with Gasteiger partial charge in [0, 0.05) is 16.1 Å². The highest BCUT2D eigenvalue weighted by Crippen LogP contribution is 2.36. The number of nitrogens with zero attached hydrogens (tertiary/aromatic N) is 3. The number of hydrogen-bond donors (Lipinski definition) is 0. The van der Waals surface area contributed by atoms with Gasteiger partial charge in [0.15, 0.2) is 0 Å². The first-order valence-electron chi connectivity index (χ1n) is 10.8. The lowest BCUT2D eigenvalue weighted by Crippen LogP contribution is -2.27. The lowest BCUT2D eigenvalue weighted by molar-refractivity contribution is -0.122. The smallest absolute Gasteiger partial charge is 0.266 e. The highest BCUT2D eigenvalue weighted by molar-refractivity contribution is 8.26. The van der Waals surface area contributed by atoms with Gasteiger partial charge in [-0.25, -0.2) is 4.98 Å². The summed E-state index contributed by atoms with van der Waals surface area (Å²) in [5.74, 6) is 0.486. The van der Waals surface area contributed by atoms with E-state index >= 15 is 0 Å². The van der Waals surface area contributed by atoms with Crippen molar-refractivity contribution >= 4 is 69.3 Å². The zero-order chi connectivity index (χ0) is 25.2. The molecule has 1 aliphatic rings. The first kappa shape index (κ1) is 24.6. The van der Waals surface area contributed by atoms with Crippen LogP contribution in [-0.2, 0) is 11.3 Å². The van der Waals surface area contributed by atoms with Crippen LogP contribution < -0.4 is 10.3 Å². The summed E-state index contributed by atoms with van der Waals surface area (Å²) < 4.78 is 7.10. The van der Waals surface area contributed by atoms with Crippen molar-refractivity contribution < 1.29 is 9.53 Å². The highest BCUT2D eigenvalue weighted by atomic mass is 35.5. The van der Waals surface area contributed by atoms with Gasteiger partial charge in [0.05, 0.1) is 24.1 Å². The topological polar surface area (TPSA) is 63.9 Å². The Morgan fingerprint density at radius 3 is 2.56 bits per heavy atom. The van der Waals surface area contributed by atoms with E-state index in [1.807, 2.05) is 42.5 Å². The quantitative estimate of drug-likeness (QED) is 0.168. The summed E-state index contributed by atoms with van der Waals surface area (Å²) in [6, 6.07) is 20.1. The summed E-state index contributed by atoms with van der Waals surface area (Å²) in [5.41, 5.74) is 1.49. The van der Waals surface area contributed by atoms with Gasteiger partial charge in [0.2, 0.25) is 0 Å². The summed E-state index contributed by atoms with van der Waals surface area (Å²) in [6.07, 6.45) is 3.26. The van der Waals surface area contributed by atoms with Crippen LogP contribution in [-0.4, -0.2) is 31.6 Å². The van der Waals surface area contributed by atoms with Crippen LogP contribution in [0.2, 0.25) is 5.02 Å². The van der Waals surface area contributed by atoms with Crippen LogP contribution in [0.3, 0.4) is 0 Å². The van der Waals surface area contributed by atoms with E-state index in [0.717, 1.165) is 16.2 Å². The van der Waals surface area contributed by atoms with Crippen LogP contribution in [0, 0.1) is 0 Å². The fourth-order valence-corrected chi connectivity index (χ4v) is 5.83. The van der Waals surface area contributed by atoms with Gasteiger partial charge in [0.1, 0.15) is 20.7 Å². The van der Waals surface area contributed by atoms with Gasteiger partial charge in [-0.1, -0.05) is 65.5 Å². The number of carbonyl (C=O) groups is 1. The second-order valence-electron chi connectivity index (χ2n) is 7.74. The van der Waals surface area contributed by atoms with Crippen molar-refractivity contribution in [2.75, 3.05) is 7.11 Å². The predicted octanol–water partition coefficient (Wildman–Crippen LogP) is 5.91. The van der Waals surface area contributed by atoms with Crippen molar-refractivity contribution in [3.8, 4) is 5.75 Å². The van der Waals surface area contributed by atoms with Crippen LogP contribution >= 0.6 is 47.3 Å². The van der Waals surface area contributed by atoms with Gasteiger partial charge in [-0.3, -0.25) is 18.9 Å². The summed E-state index contributed by atoms with van der Waals surface area (Å²) >= 11 is 14.0. The zero-order valence-electron chi connectivity index (χ0n) is 18.9. The molecule has 4 aromatic rings. The molecule has 0 spiro atoms. The van der Waals surface area contributed by atoms with Crippen molar-refractivity contribution in [3.63, 3.8) is 0 Å². The Morgan fingerprint density at radius 1 is 1.08 bits per heavy atom. The molecule has 0 saturated carbocycles. The van der Waals surface area contributed by atoms with E-state index in [1.54, 1.807) is 43.6 Å². The minimum absolute atomic E-state index is 0.249. The average molecular weight is 552 g/mol. The maximum atomic E-state index is 13.5. The number of halogens is 1. The number of thiocarbonyl (C=S) groups is 1. The molecule has 1 saturated heterocycles. The Labute approximate surface area is 225 Å². The largest absolute Gasteiger partial charge is 0.497 e. The van der Waals surface area contributed by atoms with Crippen molar-refractivity contribution in [1.29, 1.82) is 0 Å². The van der Waals surface area contributed by atoms with Crippen LogP contribution in [0.4, 0.5) is 0 Å². The molecule has 0 unspecified atom stereocenters. The van der Waals surface area contributed by atoms with Crippen LogP contribution in [0.25, 0.3) is 11.7 Å². The molecule has 2 aromatic heterocycles. The van der Waals surface area contributed by atoms with Crippen molar-refractivity contribution in [2.45, 2.75) is 16.5 Å². The number of rotatable bonds is 6. The first-order valence-corrected chi connectivity index (χ1v) is 13.2. The van der Waals surface area contributed by atoms with Crippen molar-refractivity contribution in [3.05, 3.63) is 104 Å². The number of pyridine rings is 1. The van der Waals surface area contributed by atoms with E-state index < -0.39 is 0 Å². The molecule has 5 rings (SSSR count).